The van der Waals surface area contributed by atoms with E-state index in [2.05, 4.69) is 15.2 Å². The number of fused-ring (bicyclic) bond motifs is 1. The minimum atomic E-state index is -0.0753. The Morgan fingerprint density at radius 2 is 1.67 bits per heavy atom. The normalized spacial score (nSPS) is 15.6. The molecule has 0 saturated carbocycles. The van der Waals surface area contributed by atoms with Gasteiger partial charge in [0.2, 0.25) is 5.82 Å². The average Bonchev–Trinajstić information content (AvgIpc) is 3.46. The second-order valence-electron chi connectivity index (χ2n) is 6.93. The van der Waals surface area contributed by atoms with E-state index in [4.69, 9.17) is 18.7 Å². The first-order valence-corrected chi connectivity index (χ1v) is 9.54. The highest BCUT2D eigenvalue weighted by Gasteiger charge is 2.24. The Labute approximate surface area is 173 Å². The minimum absolute atomic E-state index is 0.0753. The smallest absolute Gasteiger partial charge is 0.278 e. The topological polar surface area (TPSA) is 84.4 Å². The average molecular weight is 404 g/mol. The standard InChI is InChI=1S/C22H20N4O4/c1-27-17-7-3-14(4-8-17)20-12-26-16(13-29-20)11-19(24-26)22-23-21(25-30-22)15-5-9-18(28-2)10-6-15/h3-11,20H,12-13H2,1-2H3/t20-/m0/s1. The predicted octanol–water partition coefficient (Wildman–Crippen LogP) is 3.89. The molecular formula is C22H20N4O4. The first-order chi connectivity index (χ1) is 14.7. The molecular weight excluding hydrogens is 384 g/mol. The molecule has 0 saturated heterocycles. The van der Waals surface area contributed by atoms with Crippen LogP contribution in [0.1, 0.15) is 17.4 Å². The fourth-order valence-electron chi connectivity index (χ4n) is 3.44. The van der Waals surface area contributed by atoms with Crippen molar-refractivity contribution in [2.75, 3.05) is 14.2 Å². The van der Waals surface area contributed by atoms with Crippen LogP contribution >= 0.6 is 0 Å². The zero-order chi connectivity index (χ0) is 20.5. The lowest BCUT2D eigenvalue weighted by atomic mass is 10.1. The van der Waals surface area contributed by atoms with Gasteiger partial charge in [-0.3, -0.25) is 4.68 Å². The molecule has 0 aliphatic carbocycles. The van der Waals surface area contributed by atoms with Crippen LogP contribution in [-0.2, 0) is 17.9 Å². The molecule has 1 aliphatic heterocycles. The number of rotatable bonds is 5. The molecule has 0 amide bonds. The monoisotopic (exact) mass is 404 g/mol. The summed E-state index contributed by atoms with van der Waals surface area (Å²) in [4.78, 5) is 4.50. The van der Waals surface area contributed by atoms with E-state index in [0.29, 0.717) is 30.6 Å². The van der Waals surface area contributed by atoms with Crippen LogP contribution in [0.25, 0.3) is 23.0 Å². The van der Waals surface area contributed by atoms with Crippen molar-refractivity contribution in [3.05, 3.63) is 65.9 Å². The Hall–Kier alpha value is -3.65. The van der Waals surface area contributed by atoms with Crippen LogP contribution in [0.3, 0.4) is 0 Å². The number of methoxy groups -OCH3 is 2. The van der Waals surface area contributed by atoms with Crippen LogP contribution in [0.15, 0.2) is 59.1 Å². The van der Waals surface area contributed by atoms with Gasteiger partial charge < -0.3 is 18.7 Å². The Morgan fingerprint density at radius 1 is 0.967 bits per heavy atom. The van der Waals surface area contributed by atoms with Crippen LogP contribution in [-0.4, -0.2) is 34.1 Å². The third-order valence-corrected chi connectivity index (χ3v) is 5.12. The molecule has 3 heterocycles. The van der Waals surface area contributed by atoms with Gasteiger partial charge in [-0.05, 0) is 48.0 Å². The molecule has 8 heteroatoms. The lowest BCUT2D eigenvalue weighted by molar-refractivity contribution is -0.00115. The van der Waals surface area contributed by atoms with Crippen molar-refractivity contribution in [3.8, 4) is 34.5 Å². The zero-order valence-electron chi connectivity index (χ0n) is 16.6. The summed E-state index contributed by atoms with van der Waals surface area (Å²) in [6, 6.07) is 17.3. The largest absolute Gasteiger partial charge is 0.497 e. The number of nitrogens with zero attached hydrogens (tertiary/aromatic N) is 4. The molecule has 5 rings (SSSR count). The maximum absolute atomic E-state index is 6.03. The number of hydrogen-bond donors (Lipinski definition) is 0. The molecule has 0 radical (unpaired) electrons. The van der Waals surface area contributed by atoms with Gasteiger partial charge in [-0.1, -0.05) is 17.3 Å². The van der Waals surface area contributed by atoms with E-state index in [1.807, 2.05) is 59.3 Å². The van der Waals surface area contributed by atoms with Crippen molar-refractivity contribution in [2.45, 2.75) is 19.3 Å². The molecule has 2 aromatic heterocycles. The molecule has 0 fully saturated rings. The number of aromatic nitrogens is 4. The maximum Gasteiger partial charge on any atom is 0.278 e. The zero-order valence-corrected chi connectivity index (χ0v) is 16.6. The van der Waals surface area contributed by atoms with Crippen LogP contribution in [0.5, 0.6) is 11.5 Å². The minimum Gasteiger partial charge on any atom is -0.497 e. The summed E-state index contributed by atoms with van der Waals surface area (Å²) < 4.78 is 23.8. The van der Waals surface area contributed by atoms with E-state index in [0.717, 1.165) is 28.3 Å². The molecule has 152 valence electrons. The number of ether oxygens (including phenoxy) is 3. The fraction of sp³-hybridized carbons (Fsp3) is 0.227. The van der Waals surface area contributed by atoms with Gasteiger partial charge in [-0.2, -0.15) is 10.1 Å². The van der Waals surface area contributed by atoms with Gasteiger partial charge in [-0.25, -0.2) is 0 Å². The highest BCUT2D eigenvalue weighted by Crippen LogP contribution is 2.30. The van der Waals surface area contributed by atoms with E-state index >= 15 is 0 Å². The summed E-state index contributed by atoms with van der Waals surface area (Å²) in [7, 11) is 3.28. The molecule has 0 bridgehead atoms. The van der Waals surface area contributed by atoms with Crippen LogP contribution in [0, 0.1) is 0 Å². The first-order valence-electron chi connectivity index (χ1n) is 9.54. The van der Waals surface area contributed by atoms with E-state index in [-0.39, 0.29) is 6.10 Å². The Balaban J connectivity index is 1.35. The van der Waals surface area contributed by atoms with Gasteiger partial charge in [0, 0.05) is 5.56 Å². The van der Waals surface area contributed by atoms with Crippen molar-refractivity contribution >= 4 is 0 Å². The SMILES string of the molecule is COc1ccc(-c2noc(-c3cc4n(n3)C[C@@H](c3ccc(OC)cc3)OC4)n2)cc1. The van der Waals surface area contributed by atoms with E-state index < -0.39 is 0 Å². The van der Waals surface area contributed by atoms with E-state index in [1.54, 1.807) is 14.2 Å². The van der Waals surface area contributed by atoms with Crippen molar-refractivity contribution in [2.24, 2.45) is 0 Å². The highest BCUT2D eigenvalue weighted by atomic mass is 16.5. The maximum atomic E-state index is 6.03. The second kappa shape index (κ2) is 7.64. The summed E-state index contributed by atoms with van der Waals surface area (Å²) in [5.41, 5.74) is 3.53. The molecule has 2 aromatic carbocycles. The van der Waals surface area contributed by atoms with E-state index in [9.17, 15) is 0 Å². The molecule has 4 aromatic rings. The lowest BCUT2D eigenvalue weighted by Gasteiger charge is -2.24. The van der Waals surface area contributed by atoms with Gasteiger partial charge in [0.05, 0.1) is 33.1 Å². The summed E-state index contributed by atoms with van der Waals surface area (Å²) >= 11 is 0. The Kier molecular flexibility index (Phi) is 4.68. The lowest BCUT2D eigenvalue weighted by Crippen LogP contribution is -2.21. The summed E-state index contributed by atoms with van der Waals surface area (Å²) in [5.74, 6) is 2.48. The fourth-order valence-corrected chi connectivity index (χ4v) is 3.44. The van der Waals surface area contributed by atoms with Gasteiger partial charge >= 0.3 is 0 Å². The molecule has 1 aliphatic rings. The number of hydrogen-bond acceptors (Lipinski definition) is 7. The van der Waals surface area contributed by atoms with Crippen LogP contribution < -0.4 is 9.47 Å². The third-order valence-electron chi connectivity index (χ3n) is 5.12. The Morgan fingerprint density at radius 3 is 2.37 bits per heavy atom. The molecule has 1 atom stereocenters. The highest BCUT2D eigenvalue weighted by molar-refractivity contribution is 5.59. The third kappa shape index (κ3) is 3.42. The number of benzene rings is 2. The summed E-state index contributed by atoms with van der Waals surface area (Å²) in [6.07, 6.45) is -0.0753. The predicted molar refractivity (Wildman–Crippen MR) is 108 cm³/mol. The van der Waals surface area contributed by atoms with Gasteiger partial charge in [0.1, 0.15) is 17.6 Å². The van der Waals surface area contributed by atoms with Crippen molar-refractivity contribution in [1.82, 2.24) is 19.9 Å². The van der Waals surface area contributed by atoms with Crippen molar-refractivity contribution in [3.63, 3.8) is 0 Å². The molecule has 0 unspecified atom stereocenters. The van der Waals surface area contributed by atoms with E-state index in [1.165, 1.54) is 0 Å². The molecule has 0 N–H and O–H groups in total. The molecule has 30 heavy (non-hydrogen) atoms. The van der Waals surface area contributed by atoms with Crippen molar-refractivity contribution < 1.29 is 18.7 Å². The van der Waals surface area contributed by atoms with Crippen LogP contribution in [0.4, 0.5) is 0 Å². The second-order valence-corrected chi connectivity index (χ2v) is 6.93. The van der Waals surface area contributed by atoms with Gasteiger partial charge in [0.25, 0.3) is 5.89 Å². The quantitative estimate of drug-likeness (QED) is 0.499. The van der Waals surface area contributed by atoms with Gasteiger partial charge in [0.15, 0.2) is 5.69 Å². The van der Waals surface area contributed by atoms with Gasteiger partial charge in [-0.15, -0.1) is 0 Å². The van der Waals surface area contributed by atoms with Crippen molar-refractivity contribution in [1.29, 1.82) is 0 Å². The first kappa shape index (κ1) is 18.4. The summed E-state index contributed by atoms with van der Waals surface area (Å²) in [5, 5.41) is 8.74. The van der Waals surface area contributed by atoms with Crippen LogP contribution in [0.2, 0.25) is 0 Å². The Bertz CT molecular complexity index is 1150. The molecule has 0 spiro atoms. The molecule has 8 nitrogen and oxygen atoms in total. The summed E-state index contributed by atoms with van der Waals surface area (Å²) in [6.45, 7) is 1.07.